The number of para-hydroxylation sites is 1. The summed E-state index contributed by atoms with van der Waals surface area (Å²) in [6.45, 7) is 2.25. The van der Waals surface area contributed by atoms with E-state index in [0.717, 1.165) is 12.0 Å². The Bertz CT molecular complexity index is 420. The van der Waals surface area contributed by atoms with Gasteiger partial charge in [-0.25, -0.2) is 4.57 Å². The molecule has 7 heteroatoms. The van der Waals surface area contributed by atoms with E-state index in [-0.39, 0.29) is 52.8 Å². The predicted octanol–water partition coefficient (Wildman–Crippen LogP) is 0.873. The first kappa shape index (κ1) is 25.0. The largest absolute Gasteiger partial charge is 1.00 e. The van der Waals surface area contributed by atoms with Crippen molar-refractivity contribution in [2.24, 2.45) is 0 Å². The van der Waals surface area contributed by atoms with Gasteiger partial charge in [0.2, 0.25) is 0 Å². The van der Waals surface area contributed by atoms with Gasteiger partial charge in [-0.05, 0) is 24.5 Å². The zero-order valence-corrected chi connectivity index (χ0v) is 17.6. The van der Waals surface area contributed by atoms with E-state index in [4.69, 9.17) is 19.2 Å². The molecule has 0 saturated carbocycles. The van der Waals surface area contributed by atoms with Gasteiger partial charge in [-0.15, -0.1) is 0 Å². The van der Waals surface area contributed by atoms with Crippen molar-refractivity contribution in [1.29, 1.82) is 0 Å². The molecule has 0 atom stereocenters. The third kappa shape index (κ3) is 18.8. The van der Waals surface area contributed by atoms with Crippen LogP contribution in [-0.2, 0) is 11.0 Å². The predicted molar refractivity (Wildman–Crippen MR) is 85.2 cm³/mol. The minimum atomic E-state index is -4.64. The van der Waals surface area contributed by atoms with Crippen LogP contribution in [0, 0.1) is 0 Å². The third-order valence-corrected chi connectivity index (χ3v) is 3.04. The fourth-order valence-electron chi connectivity index (χ4n) is 1.99. The van der Waals surface area contributed by atoms with Gasteiger partial charge in [0, 0.05) is 0 Å². The van der Waals surface area contributed by atoms with E-state index >= 15 is 0 Å². The molecule has 0 aliphatic rings. The molecule has 0 fully saturated rings. The van der Waals surface area contributed by atoms with E-state index in [1.54, 1.807) is 6.07 Å². The van der Waals surface area contributed by atoms with Crippen LogP contribution in [0.1, 0.15) is 58.9 Å². The van der Waals surface area contributed by atoms with Gasteiger partial charge in [-0.2, -0.15) is 0 Å². The van der Waals surface area contributed by atoms with Crippen molar-refractivity contribution in [1.82, 2.24) is 0 Å². The van der Waals surface area contributed by atoms with E-state index in [1.165, 1.54) is 44.9 Å². The second-order valence-electron chi connectivity index (χ2n) is 5.01. The van der Waals surface area contributed by atoms with Crippen molar-refractivity contribution in [2.45, 2.75) is 58.3 Å². The SMILES string of the molecule is CCCCCCCCCc1ccccc1O.O=P(O)(O)O.[H-].[K+]. The molecular weight excluding hydrogens is 330 g/mol. The van der Waals surface area contributed by atoms with Crippen LogP contribution >= 0.6 is 7.82 Å². The van der Waals surface area contributed by atoms with Crippen LogP contribution in [0.4, 0.5) is 0 Å². The Hall–Kier alpha value is 0.766. The number of hydrogen-bond acceptors (Lipinski definition) is 2. The standard InChI is InChI=1S/C15H24O.K.H3O4P.H/c1-2-3-4-5-6-7-8-11-14-12-9-10-13-15(14)16;;1-5(2,3)4;/h9-10,12-13,16H,2-8,11H2,1H3;;(H3,1,2,3,4);/q;+1;;-1. The number of unbranched alkanes of at least 4 members (excludes halogenated alkanes) is 6. The molecule has 0 radical (unpaired) electrons. The number of phenols is 1. The number of phenolic OH excluding ortho intramolecular Hbond substituents is 1. The molecule has 0 saturated heterocycles. The molecule has 0 bridgehead atoms. The maximum atomic E-state index is 9.58. The maximum Gasteiger partial charge on any atom is 1.00 e. The number of hydrogen-bond donors (Lipinski definition) is 4. The smallest absolute Gasteiger partial charge is 1.00 e. The zero-order valence-electron chi connectivity index (χ0n) is 14.6. The average molecular weight is 358 g/mol. The number of rotatable bonds is 8. The van der Waals surface area contributed by atoms with Crippen molar-refractivity contribution in [3.63, 3.8) is 0 Å². The quantitative estimate of drug-likeness (QED) is 0.314. The molecule has 0 aliphatic carbocycles. The Morgan fingerprint density at radius 2 is 1.41 bits per heavy atom. The molecule has 124 valence electrons. The third-order valence-electron chi connectivity index (χ3n) is 3.04. The molecule has 5 nitrogen and oxygen atoms in total. The Morgan fingerprint density at radius 3 is 1.91 bits per heavy atom. The molecule has 0 unspecified atom stereocenters. The maximum absolute atomic E-state index is 9.58. The molecule has 0 aromatic heterocycles. The number of aromatic hydroxyl groups is 1. The number of benzene rings is 1. The molecular formula is C15H28KO5P. The van der Waals surface area contributed by atoms with E-state index in [1.807, 2.05) is 18.2 Å². The minimum absolute atomic E-state index is 0. The first-order valence-corrected chi connectivity index (χ1v) is 8.96. The van der Waals surface area contributed by atoms with Crippen LogP contribution in [0.15, 0.2) is 24.3 Å². The summed E-state index contributed by atoms with van der Waals surface area (Å²) in [5.74, 6) is 0.452. The monoisotopic (exact) mass is 358 g/mol. The van der Waals surface area contributed by atoms with Crippen molar-refractivity contribution >= 4 is 7.82 Å². The summed E-state index contributed by atoms with van der Waals surface area (Å²) in [7, 11) is -4.64. The van der Waals surface area contributed by atoms with Gasteiger partial charge in [0.25, 0.3) is 0 Å². The van der Waals surface area contributed by atoms with Gasteiger partial charge in [0.1, 0.15) is 5.75 Å². The normalized spacial score (nSPS) is 10.4. The van der Waals surface area contributed by atoms with Gasteiger partial charge in [-0.3, -0.25) is 0 Å². The average Bonchev–Trinajstić information content (AvgIpc) is 2.38. The van der Waals surface area contributed by atoms with Gasteiger partial charge < -0.3 is 21.2 Å². The fraction of sp³-hybridized carbons (Fsp3) is 0.600. The summed E-state index contributed by atoms with van der Waals surface area (Å²) in [5, 5.41) is 9.58. The van der Waals surface area contributed by atoms with Gasteiger partial charge in [-0.1, -0.05) is 63.6 Å². The van der Waals surface area contributed by atoms with Gasteiger partial charge >= 0.3 is 59.2 Å². The van der Waals surface area contributed by atoms with Crippen molar-refractivity contribution < 1.29 is 77.2 Å². The molecule has 1 rings (SSSR count). The Kier molecular flexibility index (Phi) is 17.4. The second-order valence-corrected chi connectivity index (χ2v) is 6.04. The van der Waals surface area contributed by atoms with Crippen LogP contribution in [-0.4, -0.2) is 19.8 Å². The minimum Gasteiger partial charge on any atom is -1.00 e. The van der Waals surface area contributed by atoms with Gasteiger partial charge in [0.15, 0.2) is 0 Å². The zero-order chi connectivity index (χ0) is 16.1. The van der Waals surface area contributed by atoms with E-state index in [2.05, 4.69) is 6.92 Å². The molecule has 22 heavy (non-hydrogen) atoms. The fourth-order valence-corrected chi connectivity index (χ4v) is 1.99. The van der Waals surface area contributed by atoms with Crippen LogP contribution in [0.5, 0.6) is 5.75 Å². The van der Waals surface area contributed by atoms with Crippen molar-refractivity contribution in [3.8, 4) is 5.75 Å². The van der Waals surface area contributed by atoms with Crippen LogP contribution in [0.25, 0.3) is 0 Å². The van der Waals surface area contributed by atoms with Gasteiger partial charge in [0.05, 0.1) is 0 Å². The Morgan fingerprint density at radius 1 is 0.955 bits per heavy atom. The molecule has 4 N–H and O–H groups in total. The van der Waals surface area contributed by atoms with Crippen LogP contribution in [0.3, 0.4) is 0 Å². The molecule has 0 heterocycles. The molecule has 0 spiro atoms. The summed E-state index contributed by atoms with van der Waals surface area (Å²) >= 11 is 0. The molecule has 1 aromatic carbocycles. The molecule has 0 aliphatic heterocycles. The first-order valence-electron chi connectivity index (χ1n) is 7.39. The van der Waals surface area contributed by atoms with E-state index in [9.17, 15) is 5.11 Å². The van der Waals surface area contributed by atoms with Crippen molar-refractivity contribution in [3.05, 3.63) is 29.8 Å². The summed E-state index contributed by atoms with van der Waals surface area (Å²) in [5.41, 5.74) is 1.09. The second kappa shape index (κ2) is 15.3. The Labute approximate surface area is 177 Å². The summed E-state index contributed by atoms with van der Waals surface area (Å²) < 4.78 is 8.88. The van der Waals surface area contributed by atoms with Crippen molar-refractivity contribution in [2.75, 3.05) is 0 Å². The Balaban J connectivity index is -0.000000502. The number of phosphoric acid groups is 1. The first-order chi connectivity index (χ1) is 9.84. The molecule has 1 aromatic rings. The van der Waals surface area contributed by atoms with E-state index < -0.39 is 7.82 Å². The summed E-state index contributed by atoms with van der Waals surface area (Å²) in [6.07, 6.45) is 10.3. The number of aryl methyl sites for hydroxylation is 1. The van der Waals surface area contributed by atoms with E-state index in [0.29, 0.717) is 5.75 Å². The van der Waals surface area contributed by atoms with Crippen LogP contribution in [0.2, 0.25) is 0 Å². The van der Waals surface area contributed by atoms with Crippen LogP contribution < -0.4 is 51.4 Å². The topological polar surface area (TPSA) is 98.0 Å². The molecule has 0 amide bonds. The summed E-state index contributed by atoms with van der Waals surface area (Å²) in [6, 6.07) is 7.67. The summed E-state index contributed by atoms with van der Waals surface area (Å²) in [4.78, 5) is 21.6.